The maximum Gasteiger partial charge on any atom is 0.371 e. The fourth-order valence-corrected chi connectivity index (χ4v) is 2.32. The van der Waals surface area contributed by atoms with Crippen LogP contribution in [0, 0.1) is 5.41 Å². The van der Waals surface area contributed by atoms with Gasteiger partial charge in [0, 0.05) is 5.75 Å². The maximum atomic E-state index is 10.7. The largest absolute Gasteiger partial charge is 0.475 e. The van der Waals surface area contributed by atoms with Gasteiger partial charge in [-0.05, 0) is 17.7 Å². The Morgan fingerprint density at radius 2 is 1.95 bits per heavy atom. The molecule has 0 spiro atoms. The van der Waals surface area contributed by atoms with Gasteiger partial charge in [0.1, 0.15) is 5.76 Å². The number of nitrogens with one attached hydrogen (secondary N) is 1. The lowest BCUT2D eigenvalue weighted by Gasteiger charge is -2.02. The molecule has 4 nitrogen and oxygen atoms in total. The van der Waals surface area contributed by atoms with E-state index in [1.54, 1.807) is 6.07 Å². The Hall–Kier alpha value is -2.01. The predicted octanol–water partition coefficient (Wildman–Crippen LogP) is 3.43. The van der Waals surface area contributed by atoms with Crippen molar-refractivity contribution >= 4 is 22.8 Å². The zero-order valence-electron chi connectivity index (χ0n) is 10.1. The Bertz CT molecular complexity index is 577. The van der Waals surface area contributed by atoms with Gasteiger partial charge in [-0.25, -0.2) is 4.79 Å². The van der Waals surface area contributed by atoms with Crippen molar-refractivity contribution in [3.05, 3.63) is 59.5 Å². The van der Waals surface area contributed by atoms with Crippen LogP contribution in [0.1, 0.15) is 21.9 Å². The van der Waals surface area contributed by atoms with Crippen LogP contribution in [0.15, 0.2) is 46.9 Å². The van der Waals surface area contributed by atoms with Crippen LogP contribution >= 0.6 is 11.8 Å². The summed E-state index contributed by atoms with van der Waals surface area (Å²) < 4.78 is 5.11. The third kappa shape index (κ3) is 3.99. The van der Waals surface area contributed by atoms with Gasteiger partial charge in [-0.15, -0.1) is 11.8 Å². The molecule has 2 N–H and O–H groups in total. The van der Waals surface area contributed by atoms with E-state index in [0.29, 0.717) is 17.2 Å². The van der Waals surface area contributed by atoms with E-state index in [4.69, 9.17) is 14.9 Å². The van der Waals surface area contributed by atoms with Crippen LogP contribution in [0.2, 0.25) is 0 Å². The molecule has 0 fully saturated rings. The molecule has 1 aromatic heterocycles. The lowest BCUT2D eigenvalue weighted by Crippen LogP contribution is -1.97. The molecule has 0 bridgehead atoms. The molecular weight excluding hydrogens is 262 g/mol. The van der Waals surface area contributed by atoms with E-state index in [9.17, 15) is 4.79 Å². The lowest BCUT2D eigenvalue weighted by atomic mass is 10.2. The summed E-state index contributed by atoms with van der Waals surface area (Å²) in [6, 6.07) is 12.9. The Balaban J connectivity index is 1.85. The van der Waals surface area contributed by atoms with Gasteiger partial charge in [0.2, 0.25) is 5.76 Å². The van der Waals surface area contributed by atoms with Crippen molar-refractivity contribution in [2.75, 3.05) is 0 Å². The van der Waals surface area contributed by atoms with Crippen molar-refractivity contribution in [1.82, 2.24) is 0 Å². The molecule has 0 saturated heterocycles. The van der Waals surface area contributed by atoms with E-state index in [0.717, 1.165) is 11.3 Å². The van der Waals surface area contributed by atoms with Crippen molar-refractivity contribution in [3.8, 4) is 0 Å². The van der Waals surface area contributed by atoms with Gasteiger partial charge in [0.15, 0.2) is 0 Å². The van der Waals surface area contributed by atoms with Crippen molar-refractivity contribution in [2.24, 2.45) is 0 Å². The summed E-state index contributed by atoms with van der Waals surface area (Å²) in [5, 5.41) is 17.0. The average molecular weight is 275 g/mol. The predicted molar refractivity (Wildman–Crippen MR) is 74.8 cm³/mol. The zero-order chi connectivity index (χ0) is 13.7. The van der Waals surface area contributed by atoms with E-state index in [1.165, 1.54) is 17.8 Å². The molecule has 0 unspecified atom stereocenters. The number of aromatic carboxylic acids is 1. The van der Waals surface area contributed by atoms with Gasteiger partial charge in [0.05, 0.1) is 11.5 Å². The number of carboxylic acids is 1. The number of thioether (sulfide) groups is 1. The minimum atomic E-state index is -1.09. The molecule has 2 aromatic rings. The molecule has 1 aromatic carbocycles. The second-order valence-corrected chi connectivity index (χ2v) is 5.02. The summed E-state index contributed by atoms with van der Waals surface area (Å²) in [4.78, 5) is 10.7. The summed E-state index contributed by atoms with van der Waals surface area (Å²) >= 11 is 1.42. The second-order valence-electron chi connectivity index (χ2n) is 3.95. The molecule has 0 radical (unpaired) electrons. The van der Waals surface area contributed by atoms with Gasteiger partial charge in [-0.2, -0.15) is 0 Å². The van der Waals surface area contributed by atoms with E-state index in [-0.39, 0.29) is 5.76 Å². The topological polar surface area (TPSA) is 74.3 Å². The monoisotopic (exact) mass is 275 g/mol. The number of hydrogen-bond donors (Lipinski definition) is 2. The maximum absolute atomic E-state index is 10.7. The number of hydrogen-bond acceptors (Lipinski definition) is 4. The average Bonchev–Trinajstić information content (AvgIpc) is 2.86. The van der Waals surface area contributed by atoms with Gasteiger partial charge < -0.3 is 9.52 Å². The molecule has 5 heteroatoms. The minimum Gasteiger partial charge on any atom is -0.475 e. The van der Waals surface area contributed by atoms with E-state index in [2.05, 4.69) is 0 Å². The normalized spacial score (nSPS) is 10.3. The first-order chi connectivity index (χ1) is 9.15. The summed E-state index contributed by atoms with van der Waals surface area (Å²) in [5.41, 5.74) is 1.16. The Morgan fingerprint density at radius 1 is 1.21 bits per heavy atom. The van der Waals surface area contributed by atoms with E-state index < -0.39 is 5.97 Å². The highest BCUT2D eigenvalue weighted by atomic mass is 32.2. The Labute approximate surface area is 115 Å². The van der Waals surface area contributed by atoms with E-state index >= 15 is 0 Å². The molecule has 0 aliphatic heterocycles. The number of benzene rings is 1. The zero-order valence-corrected chi connectivity index (χ0v) is 10.9. The molecule has 0 amide bonds. The molecule has 19 heavy (non-hydrogen) atoms. The van der Waals surface area contributed by atoms with Crippen LogP contribution < -0.4 is 0 Å². The molecule has 98 valence electrons. The van der Waals surface area contributed by atoms with Crippen molar-refractivity contribution in [2.45, 2.75) is 12.2 Å². The summed E-state index contributed by atoms with van der Waals surface area (Å²) in [6.45, 7) is 0. The van der Waals surface area contributed by atoms with Gasteiger partial charge in [-0.1, -0.05) is 30.3 Å². The molecule has 0 atom stereocenters. The van der Waals surface area contributed by atoms with Crippen molar-refractivity contribution in [3.63, 3.8) is 0 Å². The number of furan rings is 1. The van der Waals surface area contributed by atoms with Crippen LogP contribution in [0.3, 0.4) is 0 Å². The molecule has 0 saturated carbocycles. The number of rotatable bonds is 5. The van der Waals surface area contributed by atoms with E-state index in [1.807, 2.05) is 30.3 Å². The SMILES string of the molecule is N=C(Cc1ccc(C(=O)O)o1)SCc1ccccc1. The molecule has 0 aliphatic carbocycles. The highest BCUT2D eigenvalue weighted by molar-refractivity contribution is 8.13. The molecule has 0 aliphatic rings. The van der Waals surface area contributed by atoms with Crippen LogP contribution in [0.25, 0.3) is 0 Å². The van der Waals surface area contributed by atoms with Crippen molar-refractivity contribution in [1.29, 1.82) is 5.41 Å². The van der Waals surface area contributed by atoms with Crippen molar-refractivity contribution < 1.29 is 14.3 Å². The second kappa shape index (κ2) is 6.24. The fourth-order valence-electron chi connectivity index (χ4n) is 1.54. The quantitative estimate of drug-likeness (QED) is 0.647. The van der Waals surface area contributed by atoms with Gasteiger partial charge in [0.25, 0.3) is 0 Å². The smallest absolute Gasteiger partial charge is 0.371 e. The summed E-state index contributed by atoms with van der Waals surface area (Å²) in [5.74, 6) is 0.0557. The minimum absolute atomic E-state index is 0.0872. The first-order valence-corrected chi connectivity index (χ1v) is 6.70. The van der Waals surface area contributed by atoms with Crippen LogP contribution in [0.5, 0.6) is 0 Å². The highest BCUT2D eigenvalue weighted by Gasteiger charge is 2.10. The number of carbonyl (C=O) groups is 1. The first kappa shape index (κ1) is 13.4. The standard InChI is InChI=1S/C14H13NO3S/c15-13(19-9-10-4-2-1-3-5-10)8-11-6-7-12(18-11)14(16)17/h1-7,15H,8-9H2,(H,16,17). The van der Waals surface area contributed by atoms with Crippen LogP contribution in [-0.2, 0) is 12.2 Å². The number of carboxylic acid groups (broad SMARTS) is 1. The van der Waals surface area contributed by atoms with Gasteiger partial charge >= 0.3 is 5.97 Å². The molecule has 1 heterocycles. The van der Waals surface area contributed by atoms with Gasteiger partial charge in [-0.3, -0.25) is 5.41 Å². The third-order valence-electron chi connectivity index (χ3n) is 2.46. The summed E-state index contributed by atoms with van der Waals surface area (Å²) in [6.07, 6.45) is 0.324. The van der Waals surface area contributed by atoms with Crippen LogP contribution in [-0.4, -0.2) is 16.1 Å². The Kier molecular flexibility index (Phi) is 4.41. The first-order valence-electron chi connectivity index (χ1n) is 5.71. The summed E-state index contributed by atoms with van der Waals surface area (Å²) in [7, 11) is 0. The lowest BCUT2D eigenvalue weighted by molar-refractivity contribution is 0.0660. The Morgan fingerprint density at radius 3 is 2.58 bits per heavy atom. The van der Waals surface area contributed by atoms with Crippen LogP contribution in [0.4, 0.5) is 0 Å². The third-order valence-corrected chi connectivity index (χ3v) is 3.43. The highest BCUT2D eigenvalue weighted by Crippen LogP contribution is 2.17. The molecular formula is C14H13NO3S. The molecule has 2 rings (SSSR count). The fraction of sp³-hybridized carbons (Fsp3) is 0.143.